The van der Waals surface area contributed by atoms with Gasteiger partial charge in [0, 0.05) is 0 Å². The van der Waals surface area contributed by atoms with Gasteiger partial charge in [0.25, 0.3) is 0 Å². The van der Waals surface area contributed by atoms with E-state index in [-0.39, 0.29) is 0 Å². The van der Waals surface area contributed by atoms with E-state index in [1.807, 2.05) is 0 Å². The lowest BCUT2D eigenvalue weighted by Gasteiger charge is -2.07. The van der Waals surface area contributed by atoms with Crippen LogP contribution in [-0.4, -0.2) is 30.2 Å². The molecule has 0 heterocycles. The van der Waals surface area contributed by atoms with Gasteiger partial charge in [-0.3, -0.25) is 0 Å². The minimum absolute atomic E-state index is 0.376. The summed E-state index contributed by atoms with van der Waals surface area (Å²) < 4.78 is 10.2. The van der Waals surface area contributed by atoms with Crippen LogP contribution in [0, 0.1) is 0 Å². The van der Waals surface area contributed by atoms with Crippen molar-refractivity contribution in [2.45, 2.75) is 0 Å². The van der Waals surface area contributed by atoms with Crippen LogP contribution in [0.3, 0.4) is 0 Å². The van der Waals surface area contributed by atoms with Gasteiger partial charge in [0.15, 0.2) is 0 Å². The molecule has 0 spiro atoms. The molecule has 2 rings (SSSR count). The van der Waals surface area contributed by atoms with E-state index in [9.17, 15) is 4.79 Å². The molecule has 0 amide bonds. The molecule has 20 heavy (non-hydrogen) atoms. The summed E-state index contributed by atoms with van der Waals surface area (Å²) in [4.78, 5) is 11.4. The Morgan fingerprint density at radius 2 is 1.75 bits per heavy atom. The Bertz CT molecular complexity index is 595. The third-order valence-corrected chi connectivity index (χ3v) is 2.67. The van der Waals surface area contributed by atoms with E-state index >= 15 is 0 Å². The van der Waals surface area contributed by atoms with Crippen LogP contribution in [0.15, 0.2) is 48.5 Å². The lowest BCUT2D eigenvalue weighted by atomic mass is 9.80. The van der Waals surface area contributed by atoms with Gasteiger partial charge in [-0.15, -0.1) is 0 Å². The molecule has 0 unspecified atom stereocenters. The largest absolute Gasteiger partial charge is 0.488 e. The van der Waals surface area contributed by atoms with Gasteiger partial charge in [0.1, 0.15) is 11.5 Å². The van der Waals surface area contributed by atoms with Gasteiger partial charge in [-0.25, -0.2) is 4.79 Å². The average molecular weight is 272 g/mol. The number of benzene rings is 2. The zero-order valence-electron chi connectivity index (χ0n) is 10.8. The summed E-state index contributed by atoms with van der Waals surface area (Å²) in [5.74, 6) is 0.579. The predicted octanol–water partition coefficient (Wildman–Crippen LogP) is 0.945. The molecule has 102 valence electrons. The van der Waals surface area contributed by atoms with E-state index in [2.05, 4.69) is 4.74 Å². The Balaban J connectivity index is 2.15. The van der Waals surface area contributed by atoms with Gasteiger partial charge in [-0.2, -0.15) is 0 Å². The van der Waals surface area contributed by atoms with Gasteiger partial charge in [0.05, 0.1) is 12.7 Å². The minimum Gasteiger partial charge on any atom is -0.465 e. The molecule has 0 fully saturated rings. The normalized spacial score (nSPS) is 9.95. The van der Waals surface area contributed by atoms with Crippen LogP contribution in [0.2, 0.25) is 0 Å². The van der Waals surface area contributed by atoms with Gasteiger partial charge < -0.3 is 19.5 Å². The highest BCUT2D eigenvalue weighted by Crippen LogP contribution is 2.21. The molecule has 0 saturated carbocycles. The number of hydrogen-bond donors (Lipinski definition) is 2. The number of hydrogen-bond acceptors (Lipinski definition) is 5. The molecule has 0 aliphatic rings. The van der Waals surface area contributed by atoms with Crippen molar-refractivity contribution in [1.82, 2.24) is 0 Å². The van der Waals surface area contributed by atoms with Crippen LogP contribution >= 0.6 is 0 Å². The summed E-state index contributed by atoms with van der Waals surface area (Å²) in [6, 6.07) is 12.9. The SMILES string of the molecule is COC(=O)c1cccc(Oc2ccc(B(O)O)cc2)c1. The van der Waals surface area contributed by atoms with Gasteiger partial charge in [-0.1, -0.05) is 18.2 Å². The average Bonchev–Trinajstić information content (AvgIpc) is 2.47. The van der Waals surface area contributed by atoms with E-state index in [0.717, 1.165) is 0 Å². The summed E-state index contributed by atoms with van der Waals surface area (Å²) in [5, 5.41) is 18.0. The van der Waals surface area contributed by atoms with E-state index in [0.29, 0.717) is 22.5 Å². The van der Waals surface area contributed by atoms with Crippen molar-refractivity contribution in [3.8, 4) is 11.5 Å². The molecule has 6 heteroatoms. The molecular formula is C14H13BO5. The highest BCUT2D eigenvalue weighted by molar-refractivity contribution is 6.58. The van der Waals surface area contributed by atoms with Crippen molar-refractivity contribution in [2.75, 3.05) is 7.11 Å². The number of ether oxygens (including phenoxy) is 2. The fourth-order valence-electron chi connectivity index (χ4n) is 1.65. The minimum atomic E-state index is -1.51. The van der Waals surface area contributed by atoms with Crippen molar-refractivity contribution in [1.29, 1.82) is 0 Å². The fraction of sp³-hybridized carbons (Fsp3) is 0.0714. The van der Waals surface area contributed by atoms with Gasteiger partial charge in [-0.05, 0) is 35.8 Å². The Morgan fingerprint density at radius 3 is 2.35 bits per heavy atom. The summed E-state index contributed by atoms with van der Waals surface area (Å²) in [6.07, 6.45) is 0. The lowest BCUT2D eigenvalue weighted by Crippen LogP contribution is -2.29. The Morgan fingerprint density at radius 1 is 1.05 bits per heavy atom. The first kappa shape index (κ1) is 14.1. The van der Waals surface area contributed by atoms with Crippen molar-refractivity contribution < 1.29 is 24.3 Å². The Kier molecular flexibility index (Phi) is 4.39. The molecule has 2 N–H and O–H groups in total. The summed E-state index contributed by atoms with van der Waals surface area (Å²) in [5.41, 5.74) is 0.771. The van der Waals surface area contributed by atoms with Crippen LogP contribution in [0.25, 0.3) is 0 Å². The van der Waals surface area contributed by atoms with Crippen LogP contribution in [0.1, 0.15) is 10.4 Å². The second kappa shape index (κ2) is 6.23. The second-order valence-electron chi connectivity index (χ2n) is 4.06. The molecule has 2 aromatic rings. The van der Waals surface area contributed by atoms with Crippen LogP contribution in [0.5, 0.6) is 11.5 Å². The number of methoxy groups -OCH3 is 1. The fourth-order valence-corrected chi connectivity index (χ4v) is 1.65. The molecule has 0 aromatic heterocycles. The number of esters is 1. The summed E-state index contributed by atoms with van der Waals surface area (Å²) >= 11 is 0. The van der Waals surface area contributed by atoms with Crippen molar-refractivity contribution in [3.63, 3.8) is 0 Å². The number of carbonyl (C=O) groups excluding carboxylic acids is 1. The quantitative estimate of drug-likeness (QED) is 0.640. The highest BCUT2D eigenvalue weighted by Gasteiger charge is 2.10. The van der Waals surface area contributed by atoms with Crippen LogP contribution < -0.4 is 10.2 Å². The Hall–Kier alpha value is -2.31. The molecule has 0 atom stereocenters. The zero-order valence-corrected chi connectivity index (χ0v) is 10.8. The van der Waals surface area contributed by atoms with Crippen LogP contribution in [0.4, 0.5) is 0 Å². The maximum atomic E-state index is 11.4. The third kappa shape index (κ3) is 3.37. The second-order valence-corrected chi connectivity index (χ2v) is 4.06. The molecule has 0 aliphatic carbocycles. The monoisotopic (exact) mass is 272 g/mol. The van der Waals surface area contributed by atoms with Gasteiger partial charge in [0.2, 0.25) is 0 Å². The molecule has 2 aromatic carbocycles. The maximum absolute atomic E-state index is 11.4. The molecule has 0 aliphatic heterocycles. The van der Waals surface area contributed by atoms with E-state index in [1.165, 1.54) is 7.11 Å². The summed E-state index contributed by atoms with van der Waals surface area (Å²) in [6.45, 7) is 0. The predicted molar refractivity (Wildman–Crippen MR) is 74.1 cm³/mol. The number of carbonyl (C=O) groups is 1. The van der Waals surface area contributed by atoms with Crippen molar-refractivity contribution in [2.24, 2.45) is 0 Å². The first-order valence-electron chi connectivity index (χ1n) is 5.92. The van der Waals surface area contributed by atoms with Crippen molar-refractivity contribution >= 4 is 18.6 Å². The molecule has 5 nitrogen and oxygen atoms in total. The Labute approximate surface area is 116 Å². The maximum Gasteiger partial charge on any atom is 0.488 e. The molecule has 0 radical (unpaired) electrons. The molecule has 0 saturated heterocycles. The highest BCUT2D eigenvalue weighted by atomic mass is 16.5. The third-order valence-electron chi connectivity index (χ3n) is 2.67. The van der Waals surface area contributed by atoms with Crippen LogP contribution in [-0.2, 0) is 4.74 Å². The van der Waals surface area contributed by atoms with E-state index in [4.69, 9.17) is 14.8 Å². The van der Waals surface area contributed by atoms with Crippen molar-refractivity contribution in [3.05, 3.63) is 54.1 Å². The standard InChI is InChI=1S/C14H13BO5/c1-19-14(16)10-3-2-4-13(9-10)20-12-7-5-11(6-8-12)15(17)18/h2-9,17-18H,1H3. The van der Waals surface area contributed by atoms with E-state index < -0.39 is 13.1 Å². The number of rotatable bonds is 4. The lowest BCUT2D eigenvalue weighted by molar-refractivity contribution is 0.0600. The van der Waals surface area contributed by atoms with Gasteiger partial charge >= 0.3 is 13.1 Å². The zero-order chi connectivity index (χ0) is 14.5. The summed E-state index contributed by atoms with van der Waals surface area (Å²) in [7, 11) is -0.193. The first-order valence-corrected chi connectivity index (χ1v) is 5.92. The molecule has 0 bridgehead atoms. The topological polar surface area (TPSA) is 76.0 Å². The van der Waals surface area contributed by atoms with E-state index in [1.54, 1.807) is 48.5 Å². The molecular weight excluding hydrogens is 259 g/mol. The smallest absolute Gasteiger partial charge is 0.465 e. The first-order chi connectivity index (χ1) is 9.60.